The SMILES string of the molecule is CCCN(CCC)c1ccc(C(c2ccc(N(CCC)CCCl)cc2)c2ccc(N(CCC)CCCl)cc2)cc1. The molecule has 218 valence electrons. The molecular weight excluding hydrogens is 533 g/mol. The summed E-state index contributed by atoms with van der Waals surface area (Å²) in [4.78, 5) is 7.26. The van der Waals surface area contributed by atoms with Gasteiger partial charge >= 0.3 is 0 Å². The Balaban J connectivity index is 2.00. The van der Waals surface area contributed by atoms with Gasteiger partial charge in [0.1, 0.15) is 0 Å². The van der Waals surface area contributed by atoms with E-state index in [0.717, 1.165) is 65.0 Å². The van der Waals surface area contributed by atoms with E-state index in [1.807, 2.05) is 0 Å². The Labute approximate surface area is 254 Å². The van der Waals surface area contributed by atoms with Gasteiger partial charge < -0.3 is 14.7 Å². The summed E-state index contributed by atoms with van der Waals surface area (Å²) in [5.74, 6) is 1.42. The lowest BCUT2D eigenvalue weighted by Crippen LogP contribution is -2.26. The van der Waals surface area contributed by atoms with Crippen molar-refractivity contribution in [1.29, 1.82) is 0 Å². The van der Waals surface area contributed by atoms with Crippen molar-refractivity contribution in [2.24, 2.45) is 0 Å². The molecule has 3 aromatic rings. The Morgan fingerprint density at radius 3 is 0.900 bits per heavy atom. The summed E-state index contributed by atoms with van der Waals surface area (Å²) >= 11 is 12.2. The second-order valence-electron chi connectivity index (χ2n) is 10.5. The standard InChI is InChI=1S/C35H49Cl2N3/c1-5-23-38(24-6-2)32-15-9-29(10-16-32)35(30-11-17-33(18-12-30)39(25-7-3)27-21-36)31-13-19-34(20-14-31)40(26-8-4)28-22-37/h9-20,35H,5-8,21-28H2,1-4H3. The highest BCUT2D eigenvalue weighted by Gasteiger charge is 2.19. The van der Waals surface area contributed by atoms with Gasteiger partial charge in [-0.1, -0.05) is 64.1 Å². The molecule has 5 heteroatoms. The van der Waals surface area contributed by atoms with E-state index >= 15 is 0 Å². The van der Waals surface area contributed by atoms with Crippen molar-refractivity contribution in [3.63, 3.8) is 0 Å². The lowest BCUT2D eigenvalue weighted by Gasteiger charge is -2.27. The first-order valence-electron chi connectivity index (χ1n) is 15.3. The average Bonchev–Trinajstić information content (AvgIpc) is 2.98. The smallest absolute Gasteiger partial charge is 0.0399 e. The molecule has 0 atom stereocenters. The van der Waals surface area contributed by atoms with Crippen LogP contribution in [0.25, 0.3) is 0 Å². The first kappa shape index (κ1) is 32.2. The lowest BCUT2D eigenvalue weighted by molar-refractivity contribution is 0.744. The van der Waals surface area contributed by atoms with Crippen molar-refractivity contribution in [1.82, 2.24) is 0 Å². The third-order valence-corrected chi connectivity index (χ3v) is 7.80. The molecule has 0 spiro atoms. The molecule has 0 unspecified atom stereocenters. The van der Waals surface area contributed by atoms with Gasteiger partial charge in [-0.2, -0.15) is 0 Å². The van der Waals surface area contributed by atoms with Crippen molar-refractivity contribution < 1.29 is 0 Å². The van der Waals surface area contributed by atoms with Crippen LogP contribution in [-0.2, 0) is 0 Å². The summed E-state index contributed by atoms with van der Waals surface area (Å²) in [5.41, 5.74) is 7.70. The fourth-order valence-electron chi connectivity index (χ4n) is 5.60. The maximum Gasteiger partial charge on any atom is 0.0399 e. The number of alkyl halides is 2. The van der Waals surface area contributed by atoms with Crippen LogP contribution in [0.5, 0.6) is 0 Å². The van der Waals surface area contributed by atoms with Gasteiger partial charge in [-0.05, 0) is 78.8 Å². The van der Waals surface area contributed by atoms with E-state index < -0.39 is 0 Å². The van der Waals surface area contributed by atoms with E-state index in [9.17, 15) is 0 Å². The fraction of sp³-hybridized carbons (Fsp3) is 0.486. The number of anilines is 3. The highest BCUT2D eigenvalue weighted by atomic mass is 35.5. The second kappa shape index (κ2) is 17.5. The van der Waals surface area contributed by atoms with Gasteiger partial charge in [0.15, 0.2) is 0 Å². The molecule has 0 bridgehead atoms. The second-order valence-corrected chi connectivity index (χ2v) is 11.3. The Morgan fingerprint density at radius 2 is 0.675 bits per heavy atom. The van der Waals surface area contributed by atoms with Crippen LogP contribution in [0.1, 0.15) is 76.0 Å². The third kappa shape index (κ3) is 8.82. The van der Waals surface area contributed by atoms with Crippen LogP contribution in [0, 0.1) is 0 Å². The third-order valence-electron chi connectivity index (χ3n) is 7.46. The molecule has 3 aromatic carbocycles. The molecule has 0 saturated heterocycles. The zero-order valence-electron chi connectivity index (χ0n) is 25.1. The number of hydrogen-bond acceptors (Lipinski definition) is 3. The molecule has 0 N–H and O–H groups in total. The summed E-state index contributed by atoms with van der Waals surface area (Å²) in [5, 5.41) is 0. The Morgan fingerprint density at radius 1 is 0.425 bits per heavy atom. The van der Waals surface area contributed by atoms with Gasteiger partial charge in [-0.15, -0.1) is 23.2 Å². The Bertz CT molecular complexity index is 924. The molecule has 0 heterocycles. The molecule has 0 fully saturated rings. The minimum atomic E-state index is 0.156. The van der Waals surface area contributed by atoms with E-state index in [-0.39, 0.29) is 5.92 Å². The van der Waals surface area contributed by atoms with Crippen LogP contribution in [0.15, 0.2) is 72.8 Å². The van der Waals surface area contributed by atoms with Crippen LogP contribution in [0.4, 0.5) is 17.1 Å². The number of nitrogens with zero attached hydrogens (tertiary/aromatic N) is 3. The van der Waals surface area contributed by atoms with Gasteiger partial charge in [-0.3, -0.25) is 0 Å². The molecule has 0 aliphatic rings. The minimum Gasteiger partial charge on any atom is -0.372 e. The minimum absolute atomic E-state index is 0.156. The topological polar surface area (TPSA) is 9.72 Å². The van der Waals surface area contributed by atoms with Crippen molar-refractivity contribution in [3.05, 3.63) is 89.5 Å². The molecule has 0 aliphatic heterocycles. The van der Waals surface area contributed by atoms with E-state index in [2.05, 4.69) is 115 Å². The van der Waals surface area contributed by atoms with Gasteiger partial charge in [0.25, 0.3) is 0 Å². The molecule has 0 radical (unpaired) electrons. The quantitative estimate of drug-likeness (QED) is 0.109. The largest absolute Gasteiger partial charge is 0.372 e. The maximum absolute atomic E-state index is 6.12. The summed E-state index contributed by atoms with van der Waals surface area (Å²) < 4.78 is 0. The summed E-state index contributed by atoms with van der Waals surface area (Å²) in [6.07, 6.45) is 4.51. The summed E-state index contributed by atoms with van der Waals surface area (Å²) in [6, 6.07) is 27.5. The van der Waals surface area contributed by atoms with Crippen molar-refractivity contribution in [2.75, 3.05) is 65.7 Å². The monoisotopic (exact) mass is 581 g/mol. The van der Waals surface area contributed by atoms with Crippen LogP contribution < -0.4 is 14.7 Å². The molecule has 0 aliphatic carbocycles. The van der Waals surface area contributed by atoms with Crippen LogP contribution >= 0.6 is 23.2 Å². The van der Waals surface area contributed by atoms with Gasteiger partial charge in [0.05, 0.1) is 0 Å². The van der Waals surface area contributed by atoms with Crippen LogP contribution in [-0.4, -0.2) is 51.0 Å². The lowest BCUT2D eigenvalue weighted by atomic mass is 9.85. The summed E-state index contributed by atoms with van der Waals surface area (Å²) in [7, 11) is 0. The molecular formula is C35H49Cl2N3. The first-order chi connectivity index (χ1) is 19.6. The molecule has 0 saturated carbocycles. The van der Waals surface area contributed by atoms with E-state index in [1.54, 1.807) is 0 Å². The van der Waals surface area contributed by atoms with E-state index in [4.69, 9.17) is 23.2 Å². The zero-order valence-corrected chi connectivity index (χ0v) is 26.6. The average molecular weight is 583 g/mol. The number of halogens is 2. The van der Waals surface area contributed by atoms with Crippen LogP contribution in [0.3, 0.4) is 0 Å². The number of hydrogen-bond donors (Lipinski definition) is 0. The predicted molar refractivity (Wildman–Crippen MR) is 180 cm³/mol. The normalized spacial score (nSPS) is 11.2. The first-order valence-corrected chi connectivity index (χ1v) is 16.3. The van der Waals surface area contributed by atoms with Crippen molar-refractivity contribution >= 4 is 40.3 Å². The van der Waals surface area contributed by atoms with Gasteiger partial charge in [0.2, 0.25) is 0 Å². The van der Waals surface area contributed by atoms with Gasteiger partial charge in [0, 0.05) is 74.0 Å². The van der Waals surface area contributed by atoms with E-state index in [1.165, 1.54) is 33.8 Å². The molecule has 40 heavy (non-hydrogen) atoms. The molecule has 0 aromatic heterocycles. The number of benzene rings is 3. The molecule has 3 nitrogen and oxygen atoms in total. The maximum atomic E-state index is 6.12. The highest BCUT2D eigenvalue weighted by Crippen LogP contribution is 2.35. The Hall–Kier alpha value is -2.36. The Kier molecular flexibility index (Phi) is 14.0. The van der Waals surface area contributed by atoms with Crippen LogP contribution in [0.2, 0.25) is 0 Å². The number of rotatable bonds is 18. The highest BCUT2D eigenvalue weighted by molar-refractivity contribution is 6.18. The molecule has 0 amide bonds. The zero-order chi connectivity index (χ0) is 28.7. The fourth-order valence-corrected chi connectivity index (χ4v) is 6.01. The summed E-state index contributed by atoms with van der Waals surface area (Å²) in [6.45, 7) is 14.9. The van der Waals surface area contributed by atoms with Crippen molar-refractivity contribution in [2.45, 2.75) is 59.3 Å². The van der Waals surface area contributed by atoms with Gasteiger partial charge in [-0.25, -0.2) is 0 Å². The van der Waals surface area contributed by atoms with Crippen molar-refractivity contribution in [3.8, 4) is 0 Å². The predicted octanol–water partition coefficient (Wildman–Crippen LogP) is 9.40. The van der Waals surface area contributed by atoms with E-state index in [0.29, 0.717) is 11.8 Å². The molecule has 3 rings (SSSR count).